The highest BCUT2D eigenvalue weighted by molar-refractivity contribution is 7.92. The van der Waals surface area contributed by atoms with Crippen LogP contribution in [0.3, 0.4) is 0 Å². The van der Waals surface area contributed by atoms with Gasteiger partial charge in [0.1, 0.15) is 11.5 Å². The van der Waals surface area contributed by atoms with Gasteiger partial charge in [0.15, 0.2) is 28.3 Å². The van der Waals surface area contributed by atoms with Crippen LogP contribution in [0.25, 0.3) is 0 Å². The van der Waals surface area contributed by atoms with Gasteiger partial charge < -0.3 is 4.98 Å². The lowest BCUT2D eigenvalue weighted by atomic mass is 10.3. The minimum absolute atomic E-state index is 0.0250. The first kappa shape index (κ1) is 14.3. The van der Waals surface area contributed by atoms with Crippen LogP contribution in [-0.4, -0.2) is 18.4 Å². The van der Waals surface area contributed by atoms with Gasteiger partial charge in [-0.1, -0.05) is 0 Å². The quantitative estimate of drug-likeness (QED) is 0.673. The fourth-order valence-corrected chi connectivity index (χ4v) is 2.42. The maximum Gasteiger partial charge on any atom is 0.279 e. The Balaban J connectivity index is 2.50. The van der Waals surface area contributed by atoms with Crippen molar-refractivity contribution in [2.45, 2.75) is 11.9 Å². The molecule has 1 aromatic heterocycles. The Kier molecular flexibility index (Phi) is 3.42. The second kappa shape index (κ2) is 4.78. The van der Waals surface area contributed by atoms with Crippen LogP contribution in [0.15, 0.2) is 17.3 Å². The molecule has 2 rings (SSSR count). The van der Waals surface area contributed by atoms with E-state index < -0.39 is 44.0 Å². The maximum atomic E-state index is 13.4. The molecule has 0 spiro atoms. The zero-order valence-electron chi connectivity index (χ0n) is 9.84. The van der Waals surface area contributed by atoms with E-state index in [0.29, 0.717) is 0 Å². The second-order valence-corrected chi connectivity index (χ2v) is 5.43. The van der Waals surface area contributed by atoms with Crippen molar-refractivity contribution in [3.63, 3.8) is 0 Å². The first-order valence-electron chi connectivity index (χ1n) is 5.10. The van der Waals surface area contributed by atoms with E-state index in [9.17, 15) is 26.0 Å². The number of aromatic nitrogens is 2. The summed E-state index contributed by atoms with van der Waals surface area (Å²) in [6, 6.07) is -0.0250. The number of nitrogens with one attached hydrogen (secondary N) is 2. The monoisotopic (exact) mass is 309 g/mol. The minimum Gasteiger partial charge on any atom is -0.332 e. The van der Waals surface area contributed by atoms with E-state index in [1.165, 1.54) is 11.6 Å². The summed E-state index contributed by atoms with van der Waals surface area (Å²) in [5.41, 5.74) is -1.44. The van der Waals surface area contributed by atoms with Crippen molar-refractivity contribution in [1.82, 2.24) is 9.97 Å². The lowest BCUT2D eigenvalue weighted by Gasteiger charge is -2.09. The van der Waals surface area contributed by atoms with E-state index in [2.05, 4.69) is 9.97 Å². The number of hydrogen-bond donors (Lipinski definition) is 2. The summed E-state index contributed by atoms with van der Waals surface area (Å²) in [6.07, 6.45) is 0.892. The number of hydrogen-bond acceptors (Lipinski definition) is 3. The number of nitrogens with zero attached hydrogens (tertiary/aromatic N) is 1. The van der Waals surface area contributed by atoms with Crippen molar-refractivity contribution in [2.24, 2.45) is 0 Å². The number of halogens is 4. The molecule has 0 fully saturated rings. The summed E-state index contributed by atoms with van der Waals surface area (Å²) in [5.74, 6) is -6.89. The topological polar surface area (TPSA) is 74.8 Å². The van der Waals surface area contributed by atoms with Crippen LogP contribution in [0, 0.1) is 30.2 Å². The molecule has 1 heterocycles. The summed E-state index contributed by atoms with van der Waals surface area (Å²) in [4.78, 5) is 5.90. The van der Waals surface area contributed by atoms with Crippen LogP contribution >= 0.6 is 0 Å². The molecule has 2 N–H and O–H groups in total. The fraction of sp³-hybridized carbons (Fsp3) is 0.100. The summed E-state index contributed by atoms with van der Waals surface area (Å²) in [5, 5.41) is -0.501. The number of imidazole rings is 1. The molecule has 20 heavy (non-hydrogen) atoms. The summed E-state index contributed by atoms with van der Waals surface area (Å²) >= 11 is 0. The number of aromatic amines is 1. The molecule has 0 aliphatic carbocycles. The number of H-pyrrole nitrogens is 1. The highest BCUT2D eigenvalue weighted by Gasteiger charge is 2.25. The smallest absolute Gasteiger partial charge is 0.279 e. The highest BCUT2D eigenvalue weighted by Crippen LogP contribution is 2.26. The number of sulfonamides is 1. The molecule has 2 aromatic rings. The normalized spacial score (nSPS) is 11.7. The van der Waals surface area contributed by atoms with Crippen LogP contribution < -0.4 is 4.72 Å². The van der Waals surface area contributed by atoms with Crippen molar-refractivity contribution in [3.8, 4) is 0 Å². The van der Waals surface area contributed by atoms with Gasteiger partial charge in [-0.25, -0.2) is 22.5 Å². The average Bonchev–Trinajstić information content (AvgIpc) is 2.80. The Bertz CT molecular complexity index is 747. The molecule has 0 atom stereocenters. The molecule has 0 amide bonds. The van der Waals surface area contributed by atoms with Crippen LogP contribution in [0.5, 0.6) is 0 Å². The Morgan fingerprint density at radius 3 is 2.15 bits per heavy atom. The van der Waals surface area contributed by atoms with Crippen LogP contribution in [0.2, 0.25) is 0 Å². The first-order chi connectivity index (χ1) is 9.22. The molecular weight excluding hydrogens is 302 g/mol. The summed E-state index contributed by atoms with van der Waals surface area (Å²) in [6.45, 7) is 1.45. The summed E-state index contributed by atoms with van der Waals surface area (Å²) < 4.78 is 77.6. The largest absolute Gasteiger partial charge is 0.332 e. The van der Waals surface area contributed by atoms with Crippen LogP contribution in [0.1, 0.15) is 5.82 Å². The van der Waals surface area contributed by atoms with Gasteiger partial charge in [-0.2, -0.15) is 8.42 Å². The summed E-state index contributed by atoms with van der Waals surface area (Å²) in [7, 11) is -4.45. The van der Waals surface area contributed by atoms with Gasteiger partial charge in [-0.05, 0) is 6.92 Å². The van der Waals surface area contributed by atoms with Gasteiger partial charge in [0, 0.05) is 6.07 Å². The molecule has 0 aliphatic heterocycles. The third-order valence-electron chi connectivity index (χ3n) is 2.32. The molecule has 10 heteroatoms. The van der Waals surface area contributed by atoms with E-state index in [1.807, 2.05) is 0 Å². The number of anilines is 1. The first-order valence-corrected chi connectivity index (χ1v) is 6.58. The highest BCUT2D eigenvalue weighted by atomic mass is 32.2. The SMILES string of the molecule is Cc1ncc(S(=O)(=O)Nc2c(F)c(F)cc(F)c2F)[nH]1. The van der Waals surface area contributed by atoms with Gasteiger partial charge >= 0.3 is 0 Å². The predicted molar refractivity (Wildman–Crippen MR) is 60.4 cm³/mol. The Labute approximate surface area is 110 Å². The molecular formula is C10H7F4N3O2S. The van der Waals surface area contributed by atoms with E-state index in [0.717, 1.165) is 6.20 Å². The van der Waals surface area contributed by atoms with Gasteiger partial charge in [0.05, 0.1) is 6.20 Å². The third-order valence-corrected chi connectivity index (χ3v) is 3.58. The van der Waals surface area contributed by atoms with E-state index in [1.54, 1.807) is 0 Å². The fourth-order valence-electron chi connectivity index (χ4n) is 1.39. The van der Waals surface area contributed by atoms with Gasteiger partial charge in [0.25, 0.3) is 10.0 Å². The van der Waals surface area contributed by atoms with Crippen LogP contribution in [0.4, 0.5) is 23.2 Å². The number of rotatable bonds is 3. The molecule has 0 bridgehead atoms. The van der Waals surface area contributed by atoms with Crippen molar-refractivity contribution < 1.29 is 26.0 Å². The van der Waals surface area contributed by atoms with E-state index in [-0.39, 0.29) is 11.9 Å². The standard InChI is InChI=1S/C10H7F4N3O2S/c1-4-15-3-7(16-4)20(18,19)17-10-8(13)5(11)2-6(12)9(10)14/h2-3,17H,1H3,(H,15,16). The molecule has 0 saturated carbocycles. The van der Waals surface area contributed by atoms with Crippen molar-refractivity contribution in [1.29, 1.82) is 0 Å². The molecule has 5 nitrogen and oxygen atoms in total. The van der Waals surface area contributed by atoms with Gasteiger partial charge in [-0.15, -0.1) is 0 Å². The zero-order valence-corrected chi connectivity index (χ0v) is 10.7. The van der Waals surface area contributed by atoms with Gasteiger partial charge in [-0.3, -0.25) is 4.72 Å². The van der Waals surface area contributed by atoms with Crippen LogP contribution in [-0.2, 0) is 10.0 Å². The Hall–Kier alpha value is -2.10. The molecule has 1 aromatic carbocycles. The maximum absolute atomic E-state index is 13.4. The minimum atomic E-state index is -4.45. The Morgan fingerprint density at radius 2 is 1.70 bits per heavy atom. The van der Waals surface area contributed by atoms with E-state index in [4.69, 9.17) is 0 Å². The third kappa shape index (κ3) is 2.46. The molecule has 0 radical (unpaired) electrons. The Morgan fingerprint density at radius 1 is 1.15 bits per heavy atom. The lowest BCUT2D eigenvalue weighted by Crippen LogP contribution is -2.17. The number of benzene rings is 1. The number of aryl methyl sites for hydroxylation is 1. The second-order valence-electron chi connectivity index (χ2n) is 3.78. The molecule has 108 valence electrons. The molecule has 0 unspecified atom stereocenters. The van der Waals surface area contributed by atoms with Crippen molar-refractivity contribution in [3.05, 3.63) is 41.4 Å². The average molecular weight is 309 g/mol. The van der Waals surface area contributed by atoms with Crippen molar-refractivity contribution >= 4 is 15.7 Å². The molecule has 0 saturated heterocycles. The van der Waals surface area contributed by atoms with Crippen molar-refractivity contribution in [2.75, 3.05) is 4.72 Å². The zero-order chi connectivity index (χ0) is 15.1. The predicted octanol–water partition coefficient (Wildman–Crippen LogP) is 2.08. The van der Waals surface area contributed by atoms with Gasteiger partial charge in [0.2, 0.25) is 0 Å². The van der Waals surface area contributed by atoms with E-state index >= 15 is 0 Å². The lowest BCUT2D eigenvalue weighted by molar-refractivity contribution is 0.459. The molecule has 0 aliphatic rings.